The molecule has 0 spiro atoms. The number of nitrogens with zero attached hydrogens (tertiary/aromatic N) is 3. The Hall–Kier alpha value is -2.92. The van der Waals surface area contributed by atoms with Crippen LogP contribution in [0.3, 0.4) is 0 Å². The maximum atomic E-state index is 10.8. The van der Waals surface area contributed by atoms with Crippen molar-refractivity contribution in [1.82, 2.24) is 14.7 Å². The Labute approximate surface area is 158 Å². The molecule has 0 radical (unpaired) electrons. The fraction of sp³-hybridized carbons (Fsp3) is 0.273. The molecule has 1 aromatic heterocycles. The molecule has 1 N–H and O–H groups in total. The number of aliphatic carboxylic acids is 1. The molecule has 0 bridgehead atoms. The number of aromatic nitrogens is 2. The van der Waals surface area contributed by atoms with Gasteiger partial charge < -0.3 is 5.11 Å². The van der Waals surface area contributed by atoms with Gasteiger partial charge in [0, 0.05) is 31.3 Å². The van der Waals surface area contributed by atoms with E-state index in [4.69, 9.17) is 10.2 Å². The second-order valence-corrected chi connectivity index (χ2v) is 6.94. The number of unbranched alkanes of at least 4 members (excludes halogenated alkanes) is 1. The van der Waals surface area contributed by atoms with Gasteiger partial charge in [0.05, 0.1) is 5.69 Å². The lowest BCUT2D eigenvalue weighted by Crippen LogP contribution is -2.29. The molecule has 5 heteroatoms. The Morgan fingerprint density at radius 3 is 2.63 bits per heavy atom. The van der Waals surface area contributed by atoms with Crippen molar-refractivity contribution in [2.75, 3.05) is 6.54 Å². The van der Waals surface area contributed by atoms with Crippen LogP contribution in [0.4, 0.5) is 0 Å². The summed E-state index contributed by atoms with van der Waals surface area (Å²) in [6, 6.07) is 20.7. The molecule has 0 saturated heterocycles. The van der Waals surface area contributed by atoms with Crippen LogP contribution >= 0.6 is 0 Å². The number of rotatable bonds is 7. The van der Waals surface area contributed by atoms with Gasteiger partial charge in [0.15, 0.2) is 0 Å². The van der Waals surface area contributed by atoms with E-state index in [9.17, 15) is 4.79 Å². The molecular weight excluding hydrogens is 338 g/mol. The van der Waals surface area contributed by atoms with E-state index in [-0.39, 0.29) is 12.6 Å². The highest BCUT2D eigenvalue weighted by molar-refractivity contribution is 5.66. The van der Waals surface area contributed by atoms with Crippen molar-refractivity contribution in [2.24, 2.45) is 0 Å². The Balaban J connectivity index is 1.57. The maximum Gasteiger partial charge on any atom is 0.303 e. The maximum absolute atomic E-state index is 10.8. The van der Waals surface area contributed by atoms with Crippen molar-refractivity contribution in [1.29, 1.82) is 0 Å². The second-order valence-electron chi connectivity index (χ2n) is 6.94. The van der Waals surface area contributed by atoms with E-state index in [2.05, 4.69) is 47.4 Å². The van der Waals surface area contributed by atoms with Gasteiger partial charge in [-0.2, -0.15) is 5.10 Å². The van der Waals surface area contributed by atoms with Crippen LogP contribution in [0.1, 0.15) is 36.6 Å². The minimum Gasteiger partial charge on any atom is -0.481 e. The van der Waals surface area contributed by atoms with E-state index in [0.717, 1.165) is 30.8 Å². The van der Waals surface area contributed by atoms with Gasteiger partial charge in [-0.25, -0.2) is 4.68 Å². The van der Waals surface area contributed by atoms with Crippen molar-refractivity contribution in [3.63, 3.8) is 0 Å². The highest BCUT2D eigenvalue weighted by atomic mass is 16.4. The van der Waals surface area contributed by atoms with Crippen LogP contribution in [0.15, 0.2) is 66.9 Å². The quantitative estimate of drug-likeness (QED) is 0.642. The molecule has 1 aliphatic heterocycles. The fourth-order valence-electron chi connectivity index (χ4n) is 3.77. The Morgan fingerprint density at radius 1 is 1.04 bits per heavy atom. The SMILES string of the molecule is O=C(O)CCCCN1Cc2ccccc2C1n1ccc(-c2ccccc2)n1. The summed E-state index contributed by atoms with van der Waals surface area (Å²) >= 11 is 0. The van der Waals surface area contributed by atoms with Crippen molar-refractivity contribution in [2.45, 2.75) is 32.0 Å². The molecule has 4 rings (SSSR count). The number of carbonyl (C=O) groups is 1. The largest absolute Gasteiger partial charge is 0.481 e. The van der Waals surface area contributed by atoms with Gasteiger partial charge in [-0.3, -0.25) is 9.69 Å². The Kier molecular flexibility index (Phi) is 5.03. The zero-order valence-electron chi connectivity index (χ0n) is 15.2. The summed E-state index contributed by atoms with van der Waals surface area (Å²) in [5.41, 5.74) is 4.66. The first-order valence-corrected chi connectivity index (χ1v) is 9.36. The molecule has 2 heterocycles. The average Bonchev–Trinajstić information content (AvgIpc) is 3.30. The molecular formula is C22H23N3O2. The van der Waals surface area contributed by atoms with Crippen molar-refractivity contribution in [3.8, 4) is 11.3 Å². The molecule has 3 aromatic rings. The molecule has 0 saturated carbocycles. The summed E-state index contributed by atoms with van der Waals surface area (Å²) in [6.45, 7) is 1.72. The summed E-state index contributed by atoms with van der Waals surface area (Å²) in [6.07, 6.45) is 3.89. The van der Waals surface area contributed by atoms with Gasteiger partial charge in [0.1, 0.15) is 6.17 Å². The van der Waals surface area contributed by atoms with Gasteiger partial charge >= 0.3 is 5.97 Å². The number of carboxylic acids is 1. The molecule has 1 aliphatic rings. The van der Waals surface area contributed by atoms with Crippen LogP contribution in [-0.2, 0) is 11.3 Å². The van der Waals surface area contributed by atoms with Crippen molar-refractivity contribution >= 4 is 5.97 Å². The summed E-state index contributed by atoms with van der Waals surface area (Å²) < 4.78 is 2.03. The zero-order chi connectivity index (χ0) is 18.6. The number of hydrogen-bond donors (Lipinski definition) is 1. The first-order chi connectivity index (χ1) is 13.2. The molecule has 0 aliphatic carbocycles. The van der Waals surface area contributed by atoms with E-state index in [1.54, 1.807) is 0 Å². The van der Waals surface area contributed by atoms with Gasteiger partial charge in [-0.15, -0.1) is 0 Å². The van der Waals surface area contributed by atoms with Crippen LogP contribution in [0, 0.1) is 0 Å². The predicted octanol–water partition coefficient (Wildman–Crippen LogP) is 4.17. The predicted molar refractivity (Wildman–Crippen MR) is 104 cm³/mol. The normalized spacial score (nSPS) is 16.4. The molecule has 0 fully saturated rings. The van der Waals surface area contributed by atoms with Crippen LogP contribution in [0.5, 0.6) is 0 Å². The average molecular weight is 361 g/mol. The molecule has 1 atom stereocenters. The van der Waals surface area contributed by atoms with Gasteiger partial charge in [0.25, 0.3) is 0 Å². The standard InChI is InChI=1S/C22H23N3O2/c26-21(27)12-6-7-14-24-16-18-10-4-5-11-19(18)22(24)25-15-13-20(23-25)17-8-2-1-3-9-17/h1-5,8-11,13,15,22H,6-7,12,14,16H2,(H,26,27). The smallest absolute Gasteiger partial charge is 0.303 e. The van der Waals surface area contributed by atoms with E-state index >= 15 is 0 Å². The molecule has 27 heavy (non-hydrogen) atoms. The minimum atomic E-state index is -0.726. The van der Waals surface area contributed by atoms with Crippen molar-refractivity contribution < 1.29 is 9.90 Å². The van der Waals surface area contributed by atoms with Crippen LogP contribution in [0.25, 0.3) is 11.3 Å². The number of benzene rings is 2. The summed E-state index contributed by atoms with van der Waals surface area (Å²) in [5.74, 6) is -0.726. The van der Waals surface area contributed by atoms with E-state index in [1.165, 1.54) is 11.1 Å². The highest BCUT2D eigenvalue weighted by Gasteiger charge is 2.31. The van der Waals surface area contributed by atoms with Crippen molar-refractivity contribution in [3.05, 3.63) is 78.0 Å². The first-order valence-electron chi connectivity index (χ1n) is 9.36. The third-order valence-corrected chi connectivity index (χ3v) is 5.07. The second kappa shape index (κ2) is 7.76. The third kappa shape index (κ3) is 3.78. The zero-order valence-corrected chi connectivity index (χ0v) is 15.2. The summed E-state index contributed by atoms with van der Waals surface area (Å²) in [5, 5.41) is 13.7. The molecule has 1 unspecified atom stereocenters. The van der Waals surface area contributed by atoms with E-state index in [0.29, 0.717) is 6.42 Å². The van der Waals surface area contributed by atoms with E-state index < -0.39 is 5.97 Å². The van der Waals surface area contributed by atoms with Crippen LogP contribution < -0.4 is 0 Å². The number of fused-ring (bicyclic) bond motifs is 1. The lowest BCUT2D eigenvalue weighted by molar-refractivity contribution is -0.137. The minimum absolute atomic E-state index is 0.0588. The highest BCUT2D eigenvalue weighted by Crippen LogP contribution is 2.35. The lowest BCUT2D eigenvalue weighted by Gasteiger charge is -2.25. The Morgan fingerprint density at radius 2 is 1.81 bits per heavy atom. The third-order valence-electron chi connectivity index (χ3n) is 5.07. The van der Waals surface area contributed by atoms with Crippen LogP contribution in [0.2, 0.25) is 0 Å². The molecule has 2 aromatic carbocycles. The fourth-order valence-corrected chi connectivity index (χ4v) is 3.77. The summed E-state index contributed by atoms with van der Waals surface area (Å²) in [4.78, 5) is 13.2. The van der Waals surface area contributed by atoms with E-state index in [1.807, 2.05) is 29.1 Å². The topological polar surface area (TPSA) is 58.4 Å². The molecule has 5 nitrogen and oxygen atoms in total. The molecule has 0 amide bonds. The number of carboxylic acid groups (broad SMARTS) is 1. The van der Waals surface area contributed by atoms with Crippen LogP contribution in [-0.4, -0.2) is 32.3 Å². The summed E-state index contributed by atoms with van der Waals surface area (Å²) in [7, 11) is 0. The van der Waals surface area contributed by atoms with Gasteiger partial charge in [-0.05, 0) is 30.0 Å². The van der Waals surface area contributed by atoms with Gasteiger partial charge in [0.2, 0.25) is 0 Å². The number of hydrogen-bond acceptors (Lipinski definition) is 3. The Bertz CT molecular complexity index is 920. The first kappa shape index (κ1) is 17.5. The monoisotopic (exact) mass is 361 g/mol. The lowest BCUT2D eigenvalue weighted by atomic mass is 10.1. The molecule has 138 valence electrons. The van der Waals surface area contributed by atoms with Gasteiger partial charge in [-0.1, -0.05) is 54.6 Å².